The van der Waals surface area contributed by atoms with Gasteiger partial charge in [0.05, 0.1) is 13.0 Å². The van der Waals surface area contributed by atoms with Gasteiger partial charge in [-0.2, -0.15) is 4.98 Å². The van der Waals surface area contributed by atoms with E-state index in [1.165, 1.54) is 0 Å². The number of benzene rings is 2. The predicted molar refractivity (Wildman–Crippen MR) is 111 cm³/mol. The van der Waals surface area contributed by atoms with Crippen molar-refractivity contribution in [2.75, 3.05) is 32.3 Å². The van der Waals surface area contributed by atoms with E-state index in [1.807, 2.05) is 24.3 Å². The molecule has 0 aliphatic carbocycles. The maximum absolute atomic E-state index is 12.8. The quantitative estimate of drug-likeness (QED) is 0.681. The van der Waals surface area contributed by atoms with Crippen LogP contribution in [0.5, 0.6) is 17.2 Å². The lowest BCUT2D eigenvalue weighted by Crippen LogP contribution is -2.41. The fourth-order valence-corrected chi connectivity index (χ4v) is 3.80. The Morgan fingerprint density at radius 3 is 2.84 bits per heavy atom. The molecule has 2 aliphatic rings. The highest BCUT2D eigenvalue weighted by atomic mass is 16.7. The normalized spacial score (nSPS) is 17.5. The van der Waals surface area contributed by atoms with Gasteiger partial charge in [-0.25, -0.2) is 4.79 Å². The number of urea groups is 1. The summed E-state index contributed by atoms with van der Waals surface area (Å²) in [6.07, 6.45) is 1.75. The van der Waals surface area contributed by atoms with Crippen molar-refractivity contribution in [2.45, 2.75) is 18.8 Å². The maximum atomic E-state index is 12.8. The van der Waals surface area contributed by atoms with Crippen molar-refractivity contribution in [1.29, 1.82) is 0 Å². The summed E-state index contributed by atoms with van der Waals surface area (Å²) in [7, 11) is 1.62. The Balaban J connectivity index is 1.25. The van der Waals surface area contributed by atoms with Crippen molar-refractivity contribution >= 4 is 11.7 Å². The molecule has 0 spiro atoms. The number of nitrogens with zero attached hydrogens (tertiary/aromatic N) is 3. The minimum Gasteiger partial charge on any atom is -0.497 e. The molecule has 160 valence electrons. The van der Waals surface area contributed by atoms with Crippen LogP contribution in [0.2, 0.25) is 0 Å². The molecule has 9 nitrogen and oxygen atoms in total. The molecule has 1 saturated heterocycles. The van der Waals surface area contributed by atoms with Crippen molar-refractivity contribution in [1.82, 2.24) is 15.0 Å². The maximum Gasteiger partial charge on any atom is 0.321 e. The lowest BCUT2D eigenvalue weighted by Gasteiger charge is -2.31. The number of carbonyl (C=O) groups excluding carboxylic acids is 1. The molecule has 1 fully saturated rings. The van der Waals surface area contributed by atoms with Gasteiger partial charge in [-0.3, -0.25) is 0 Å². The zero-order valence-corrected chi connectivity index (χ0v) is 17.0. The van der Waals surface area contributed by atoms with Crippen molar-refractivity contribution in [2.24, 2.45) is 0 Å². The largest absolute Gasteiger partial charge is 0.497 e. The van der Waals surface area contributed by atoms with Crippen molar-refractivity contribution in [3.05, 3.63) is 48.4 Å². The molecule has 3 heterocycles. The second kappa shape index (κ2) is 8.17. The van der Waals surface area contributed by atoms with Crippen LogP contribution in [0.15, 0.2) is 47.0 Å². The molecule has 5 rings (SSSR count). The van der Waals surface area contributed by atoms with Crippen molar-refractivity contribution < 1.29 is 23.5 Å². The Labute approximate surface area is 178 Å². The predicted octanol–water partition coefficient (Wildman–Crippen LogP) is 3.89. The number of fused-ring (bicyclic) bond motifs is 1. The van der Waals surface area contributed by atoms with Crippen LogP contribution in [0.25, 0.3) is 11.4 Å². The zero-order chi connectivity index (χ0) is 21.2. The molecule has 31 heavy (non-hydrogen) atoms. The number of piperidine rings is 1. The van der Waals surface area contributed by atoms with Gasteiger partial charge >= 0.3 is 6.03 Å². The number of ether oxygens (including phenoxy) is 3. The first-order valence-corrected chi connectivity index (χ1v) is 10.1. The summed E-state index contributed by atoms with van der Waals surface area (Å²) < 4.78 is 21.4. The van der Waals surface area contributed by atoms with Crippen LogP contribution >= 0.6 is 0 Å². The number of aromatic nitrogens is 2. The van der Waals surface area contributed by atoms with E-state index in [-0.39, 0.29) is 18.7 Å². The molecular formula is C22H22N4O5. The minimum absolute atomic E-state index is 0.00393. The van der Waals surface area contributed by atoms with Crippen LogP contribution in [0.1, 0.15) is 24.7 Å². The van der Waals surface area contributed by atoms with Crippen LogP contribution in [-0.2, 0) is 0 Å². The summed E-state index contributed by atoms with van der Waals surface area (Å²) in [4.78, 5) is 19.1. The Morgan fingerprint density at radius 2 is 2.00 bits per heavy atom. The molecule has 3 aromatic rings. The number of anilines is 1. The molecular weight excluding hydrogens is 400 g/mol. The monoisotopic (exact) mass is 422 g/mol. The van der Waals surface area contributed by atoms with E-state index in [9.17, 15) is 4.79 Å². The molecule has 9 heteroatoms. The van der Waals surface area contributed by atoms with E-state index >= 15 is 0 Å². The average molecular weight is 422 g/mol. The van der Waals surface area contributed by atoms with Crippen LogP contribution in [0.3, 0.4) is 0 Å². The molecule has 2 aromatic carbocycles. The van der Waals surface area contributed by atoms with Crippen LogP contribution in [0, 0.1) is 0 Å². The minimum atomic E-state index is -0.168. The molecule has 0 saturated carbocycles. The van der Waals surface area contributed by atoms with E-state index in [0.29, 0.717) is 42.0 Å². The summed E-state index contributed by atoms with van der Waals surface area (Å²) >= 11 is 0. The van der Waals surface area contributed by atoms with Crippen LogP contribution in [-0.4, -0.2) is 48.1 Å². The highest BCUT2D eigenvalue weighted by Crippen LogP contribution is 2.34. The fourth-order valence-electron chi connectivity index (χ4n) is 3.80. The third-order valence-corrected chi connectivity index (χ3v) is 5.47. The topological polar surface area (TPSA) is 99.0 Å². The molecule has 1 atom stereocenters. The highest BCUT2D eigenvalue weighted by Gasteiger charge is 2.29. The number of methoxy groups -OCH3 is 1. The van der Waals surface area contributed by atoms with Gasteiger partial charge < -0.3 is 29.0 Å². The lowest BCUT2D eigenvalue weighted by molar-refractivity contribution is 0.174. The fraction of sp³-hybridized carbons (Fsp3) is 0.318. The summed E-state index contributed by atoms with van der Waals surface area (Å²) in [6.45, 7) is 1.39. The van der Waals surface area contributed by atoms with Gasteiger partial charge in [0.25, 0.3) is 0 Å². The summed E-state index contributed by atoms with van der Waals surface area (Å²) in [6, 6.07) is 12.7. The van der Waals surface area contributed by atoms with Gasteiger partial charge in [-0.05, 0) is 49.2 Å². The Hall–Kier alpha value is -3.75. The van der Waals surface area contributed by atoms with E-state index in [4.69, 9.17) is 18.7 Å². The smallest absolute Gasteiger partial charge is 0.321 e. The Kier molecular flexibility index (Phi) is 5.07. The number of carbonyl (C=O) groups is 1. The van der Waals surface area contributed by atoms with Gasteiger partial charge in [0.15, 0.2) is 11.5 Å². The SMILES string of the molecule is COc1ccc(-c2noc(C3CCCN(C(=O)Nc4ccc5c(c4)OCO5)C3)n2)cc1. The van der Waals surface area contributed by atoms with E-state index in [2.05, 4.69) is 15.5 Å². The summed E-state index contributed by atoms with van der Waals surface area (Å²) in [5.74, 6) is 3.15. The first-order valence-electron chi connectivity index (χ1n) is 10.1. The second-order valence-corrected chi connectivity index (χ2v) is 7.47. The number of hydrogen-bond donors (Lipinski definition) is 1. The Morgan fingerprint density at radius 1 is 1.16 bits per heavy atom. The zero-order valence-electron chi connectivity index (χ0n) is 17.0. The molecule has 1 N–H and O–H groups in total. The van der Waals surface area contributed by atoms with Crippen molar-refractivity contribution in [3.8, 4) is 28.6 Å². The first kappa shape index (κ1) is 19.2. The number of rotatable bonds is 4. The molecule has 0 bridgehead atoms. The van der Waals surface area contributed by atoms with Crippen molar-refractivity contribution in [3.63, 3.8) is 0 Å². The summed E-state index contributed by atoms with van der Waals surface area (Å²) in [5.41, 5.74) is 1.51. The lowest BCUT2D eigenvalue weighted by atomic mass is 9.98. The molecule has 0 radical (unpaired) electrons. The van der Waals surface area contributed by atoms with Crippen LogP contribution in [0.4, 0.5) is 10.5 Å². The van der Waals surface area contributed by atoms with Gasteiger partial charge in [0.2, 0.25) is 18.5 Å². The number of amides is 2. The average Bonchev–Trinajstić information content (AvgIpc) is 3.49. The standard InChI is InChI=1S/C22H22N4O5/c1-28-17-7-4-14(5-8-17)20-24-21(31-25-20)15-3-2-10-26(12-15)22(27)23-16-6-9-18-19(11-16)30-13-29-18/h4-9,11,15H,2-3,10,12-13H2,1H3,(H,23,27). The van der Waals surface area contributed by atoms with Gasteiger partial charge in [-0.1, -0.05) is 5.16 Å². The number of nitrogens with one attached hydrogen (secondary N) is 1. The van der Waals surface area contributed by atoms with Gasteiger partial charge in [-0.15, -0.1) is 0 Å². The van der Waals surface area contributed by atoms with Gasteiger partial charge in [0, 0.05) is 30.4 Å². The number of hydrogen-bond acceptors (Lipinski definition) is 7. The summed E-state index contributed by atoms with van der Waals surface area (Å²) in [5, 5.41) is 7.04. The van der Waals surface area contributed by atoms with Crippen LogP contribution < -0.4 is 19.5 Å². The third-order valence-electron chi connectivity index (χ3n) is 5.47. The second-order valence-electron chi connectivity index (χ2n) is 7.47. The third kappa shape index (κ3) is 3.98. The molecule has 2 amide bonds. The molecule has 2 aliphatic heterocycles. The Bertz CT molecular complexity index is 1080. The van der Waals surface area contributed by atoms with E-state index in [0.717, 1.165) is 24.2 Å². The molecule has 1 unspecified atom stereocenters. The number of likely N-dealkylation sites (tertiary alicyclic amines) is 1. The first-order chi connectivity index (χ1) is 15.2. The van der Waals surface area contributed by atoms with E-state index < -0.39 is 0 Å². The molecule has 1 aromatic heterocycles. The van der Waals surface area contributed by atoms with Gasteiger partial charge in [0.1, 0.15) is 5.75 Å². The van der Waals surface area contributed by atoms with E-state index in [1.54, 1.807) is 30.2 Å². The highest BCUT2D eigenvalue weighted by molar-refractivity contribution is 5.89.